The van der Waals surface area contributed by atoms with Crippen molar-refractivity contribution in [2.75, 3.05) is 12.4 Å². The predicted octanol–water partition coefficient (Wildman–Crippen LogP) is 1.41. The fraction of sp³-hybridized carbons (Fsp3) is 0.462. The summed E-state index contributed by atoms with van der Waals surface area (Å²) in [4.78, 5) is 11.5. The van der Waals surface area contributed by atoms with Gasteiger partial charge in [0.15, 0.2) is 9.84 Å². The van der Waals surface area contributed by atoms with E-state index in [2.05, 4.69) is 15.9 Å². The fourth-order valence-electron chi connectivity index (χ4n) is 2.77. The van der Waals surface area contributed by atoms with E-state index in [0.29, 0.717) is 5.56 Å². The molecule has 20 heavy (non-hydrogen) atoms. The van der Waals surface area contributed by atoms with Crippen molar-refractivity contribution in [2.45, 2.75) is 18.1 Å². The molecule has 1 aromatic rings. The SMILES string of the molecule is CCS(=O)(=O)[C@H]1[C@@H](c2ccc(Br)cc2)[C@@]1(CO)C(=O)O. The molecule has 0 heterocycles. The highest BCUT2D eigenvalue weighted by atomic mass is 79.9. The first-order chi connectivity index (χ1) is 9.31. The van der Waals surface area contributed by atoms with E-state index in [1.54, 1.807) is 24.3 Å². The minimum absolute atomic E-state index is 0.139. The highest BCUT2D eigenvalue weighted by molar-refractivity contribution is 9.10. The van der Waals surface area contributed by atoms with Gasteiger partial charge in [-0.25, -0.2) is 8.42 Å². The van der Waals surface area contributed by atoms with Crippen molar-refractivity contribution in [1.29, 1.82) is 0 Å². The number of carboxylic acids is 1. The van der Waals surface area contributed by atoms with Crippen LogP contribution in [0.2, 0.25) is 0 Å². The van der Waals surface area contributed by atoms with Crippen molar-refractivity contribution in [3.05, 3.63) is 34.3 Å². The number of carboxylic acid groups (broad SMARTS) is 1. The van der Waals surface area contributed by atoms with Gasteiger partial charge in [0, 0.05) is 16.1 Å². The summed E-state index contributed by atoms with van der Waals surface area (Å²) in [5.74, 6) is -2.11. The number of rotatable bonds is 5. The maximum absolute atomic E-state index is 12.1. The summed E-state index contributed by atoms with van der Waals surface area (Å²) >= 11 is 3.27. The predicted molar refractivity (Wildman–Crippen MR) is 77.3 cm³/mol. The number of carbonyl (C=O) groups is 1. The largest absolute Gasteiger partial charge is 0.481 e. The zero-order chi connectivity index (χ0) is 15.1. The van der Waals surface area contributed by atoms with Gasteiger partial charge in [-0.1, -0.05) is 35.0 Å². The lowest BCUT2D eigenvalue weighted by atomic mass is 10.0. The van der Waals surface area contributed by atoms with Gasteiger partial charge < -0.3 is 10.2 Å². The van der Waals surface area contributed by atoms with Crippen molar-refractivity contribution < 1.29 is 23.4 Å². The molecule has 1 aliphatic carbocycles. The van der Waals surface area contributed by atoms with E-state index in [-0.39, 0.29) is 5.75 Å². The zero-order valence-corrected chi connectivity index (χ0v) is 13.2. The van der Waals surface area contributed by atoms with Crippen LogP contribution in [-0.4, -0.2) is 42.2 Å². The smallest absolute Gasteiger partial charge is 0.314 e. The zero-order valence-electron chi connectivity index (χ0n) is 10.8. The number of sulfone groups is 1. The number of aliphatic hydroxyl groups is 1. The van der Waals surface area contributed by atoms with Crippen molar-refractivity contribution in [2.24, 2.45) is 5.41 Å². The Morgan fingerprint density at radius 1 is 1.35 bits per heavy atom. The van der Waals surface area contributed by atoms with Gasteiger partial charge in [0.25, 0.3) is 0 Å². The molecule has 5 nitrogen and oxygen atoms in total. The molecule has 1 saturated carbocycles. The third-order valence-corrected chi connectivity index (χ3v) is 6.73. The normalized spacial score (nSPS) is 29.1. The summed E-state index contributed by atoms with van der Waals surface area (Å²) in [5, 5.41) is 17.8. The van der Waals surface area contributed by atoms with Gasteiger partial charge in [0.05, 0.1) is 11.9 Å². The van der Waals surface area contributed by atoms with Crippen LogP contribution < -0.4 is 0 Å². The molecule has 0 aromatic heterocycles. The maximum atomic E-state index is 12.1. The van der Waals surface area contributed by atoms with E-state index < -0.39 is 39.0 Å². The molecule has 0 unspecified atom stereocenters. The Bertz CT molecular complexity index is 625. The van der Waals surface area contributed by atoms with Gasteiger partial charge >= 0.3 is 5.97 Å². The molecule has 0 amide bonds. The minimum atomic E-state index is -3.55. The molecule has 0 aliphatic heterocycles. The topological polar surface area (TPSA) is 91.7 Å². The third-order valence-electron chi connectivity index (χ3n) is 3.93. The second-order valence-electron chi connectivity index (χ2n) is 4.90. The molecule has 0 bridgehead atoms. The Hall–Kier alpha value is -0.920. The second-order valence-corrected chi connectivity index (χ2v) is 8.23. The lowest BCUT2D eigenvalue weighted by Crippen LogP contribution is -2.28. The number of aliphatic hydroxyl groups excluding tert-OH is 1. The Labute approximate surface area is 125 Å². The van der Waals surface area contributed by atoms with Gasteiger partial charge in [0.1, 0.15) is 5.41 Å². The van der Waals surface area contributed by atoms with Crippen molar-refractivity contribution >= 4 is 31.7 Å². The van der Waals surface area contributed by atoms with Crippen LogP contribution in [0.5, 0.6) is 0 Å². The lowest BCUT2D eigenvalue weighted by Gasteiger charge is -2.08. The summed E-state index contributed by atoms with van der Waals surface area (Å²) in [6.45, 7) is 0.795. The molecular weight excluding hydrogens is 348 g/mol. The summed E-state index contributed by atoms with van der Waals surface area (Å²) in [6.07, 6.45) is 0. The van der Waals surface area contributed by atoms with Crippen LogP contribution in [0.4, 0.5) is 0 Å². The third kappa shape index (κ3) is 2.17. The molecule has 1 aromatic carbocycles. The van der Waals surface area contributed by atoms with Crippen molar-refractivity contribution in [1.82, 2.24) is 0 Å². The van der Waals surface area contributed by atoms with Gasteiger partial charge in [-0.05, 0) is 17.7 Å². The Morgan fingerprint density at radius 2 is 1.90 bits per heavy atom. The molecule has 2 rings (SSSR count). The van der Waals surface area contributed by atoms with Crippen LogP contribution in [-0.2, 0) is 14.6 Å². The molecule has 1 fully saturated rings. The van der Waals surface area contributed by atoms with Gasteiger partial charge in [0.2, 0.25) is 0 Å². The summed E-state index contributed by atoms with van der Waals surface area (Å²) < 4.78 is 25.0. The van der Waals surface area contributed by atoms with Crippen molar-refractivity contribution in [3.8, 4) is 0 Å². The number of hydrogen-bond donors (Lipinski definition) is 2. The first kappa shape index (κ1) is 15.5. The van der Waals surface area contributed by atoms with Crippen LogP contribution >= 0.6 is 15.9 Å². The van der Waals surface area contributed by atoms with Gasteiger partial charge in [-0.15, -0.1) is 0 Å². The Balaban J connectivity index is 2.50. The minimum Gasteiger partial charge on any atom is -0.481 e. The van der Waals surface area contributed by atoms with Gasteiger partial charge in [-0.3, -0.25) is 4.79 Å². The molecule has 7 heteroatoms. The van der Waals surface area contributed by atoms with E-state index >= 15 is 0 Å². The Morgan fingerprint density at radius 3 is 2.30 bits per heavy atom. The number of aliphatic carboxylic acids is 1. The monoisotopic (exact) mass is 362 g/mol. The number of hydrogen-bond acceptors (Lipinski definition) is 4. The van der Waals surface area contributed by atoms with Crippen molar-refractivity contribution in [3.63, 3.8) is 0 Å². The first-order valence-corrected chi connectivity index (χ1v) is 8.63. The van der Waals surface area contributed by atoms with E-state index in [1.807, 2.05) is 0 Å². The van der Waals surface area contributed by atoms with Crippen LogP contribution in [0, 0.1) is 5.41 Å². The molecule has 2 N–H and O–H groups in total. The highest BCUT2D eigenvalue weighted by Crippen LogP contribution is 2.63. The molecular formula is C13H15BrO5S. The quantitative estimate of drug-likeness (QED) is 0.826. The van der Waals surface area contributed by atoms with Crippen LogP contribution in [0.25, 0.3) is 0 Å². The number of halogens is 1. The molecule has 3 atom stereocenters. The standard InChI is InChI=1S/C13H15BrO5S/c1-2-20(18,19)11-10(13(11,7-15)12(16)17)8-3-5-9(14)6-4-8/h3-6,10-11,15H,2,7H2,1H3,(H,16,17)/t10-,11+,13-/m1/s1. The summed E-state index contributed by atoms with van der Waals surface area (Å²) in [5.41, 5.74) is -1.01. The maximum Gasteiger partial charge on any atom is 0.314 e. The molecule has 0 saturated heterocycles. The average molecular weight is 363 g/mol. The Kier molecular flexibility index (Phi) is 3.96. The lowest BCUT2D eigenvalue weighted by molar-refractivity contribution is -0.145. The van der Waals surface area contributed by atoms with Crippen LogP contribution in [0.3, 0.4) is 0 Å². The molecule has 1 aliphatic rings. The fourth-order valence-corrected chi connectivity index (χ4v) is 5.09. The van der Waals surface area contributed by atoms with E-state index in [4.69, 9.17) is 0 Å². The summed E-state index contributed by atoms with van der Waals surface area (Å²) in [7, 11) is -3.55. The molecule has 110 valence electrons. The number of benzene rings is 1. The van der Waals surface area contributed by atoms with Crippen LogP contribution in [0.1, 0.15) is 18.4 Å². The molecule has 0 radical (unpaired) electrons. The van der Waals surface area contributed by atoms with Crippen LogP contribution in [0.15, 0.2) is 28.7 Å². The van der Waals surface area contributed by atoms with E-state index in [9.17, 15) is 23.4 Å². The first-order valence-electron chi connectivity index (χ1n) is 6.12. The van der Waals surface area contributed by atoms with Gasteiger partial charge in [-0.2, -0.15) is 0 Å². The molecule has 0 spiro atoms. The van der Waals surface area contributed by atoms with E-state index in [1.165, 1.54) is 6.92 Å². The second kappa shape index (κ2) is 5.13. The summed E-state index contributed by atoms with van der Waals surface area (Å²) in [6, 6.07) is 6.83. The average Bonchev–Trinajstić information content (AvgIpc) is 3.11. The van der Waals surface area contributed by atoms with E-state index in [0.717, 1.165) is 4.47 Å². The highest BCUT2D eigenvalue weighted by Gasteiger charge is 2.75.